The van der Waals surface area contributed by atoms with Crippen LogP contribution in [0.1, 0.15) is 23.1 Å². The molecule has 1 aliphatic heterocycles. The number of ether oxygens (including phenoxy) is 1. The molecule has 4 aromatic rings. The number of hydrogen-bond donors (Lipinski definition) is 0. The number of carbonyl (C=O) groups excluding carboxylic acids is 2. The third kappa shape index (κ3) is 5.34. The summed E-state index contributed by atoms with van der Waals surface area (Å²) in [5.74, 6) is 0.00835. The van der Waals surface area contributed by atoms with E-state index in [2.05, 4.69) is 0 Å². The van der Waals surface area contributed by atoms with Crippen molar-refractivity contribution >= 4 is 39.8 Å². The predicted molar refractivity (Wildman–Crippen MR) is 142 cm³/mol. The molecule has 5 rings (SSSR count). The van der Waals surface area contributed by atoms with Crippen LogP contribution < -0.4 is 4.74 Å². The summed E-state index contributed by atoms with van der Waals surface area (Å²) >= 11 is 0.958. The van der Waals surface area contributed by atoms with E-state index in [9.17, 15) is 14.0 Å². The molecule has 0 bridgehead atoms. The Morgan fingerprint density at radius 2 is 1.58 bits per heavy atom. The van der Waals surface area contributed by atoms with Crippen LogP contribution in [0.4, 0.5) is 9.18 Å². The van der Waals surface area contributed by atoms with E-state index < -0.39 is 0 Å². The molecule has 1 aliphatic rings. The molecular formula is C30H24FNO3S. The van der Waals surface area contributed by atoms with Crippen molar-refractivity contribution < 1.29 is 18.7 Å². The SMILES string of the molecule is O=C1S/C(=C/c2c(OCc3ccc(F)cc3)ccc3ccccc23)C(=O)N1CCCc1ccccc1. The number of amides is 2. The maximum Gasteiger partial charge on any atom is 0.293 e. The van der Waals surface area contributed by atoms with Gasteiger partial charge in [0.05, 0.1) is 4.91 Å². The fourth-order valence-electron chi connectivity index (χ4n) is 4.20. The topological polar surface area (TPSA) is 46.6 Å². The second-order valence-electron chi connectivity index (χ2n) is 8.54. The highest BCUT2D eigenvalue weighted by molar-refractivity contribution is 8.18. The van der Waals surface area contributed by atoms with Gasteiger partial charge in [-0.25, -0.2) is 4.39 Å². The maximum atomic E-state index is 13.3. The number of thioether (sulfide) groups is 1. The van der Waals surface area contributed by atoms with Gasteiger partial charge >= 0.3 is 0 Å². The number of hydrogen-bond acceptors (Lipinski definition) is 4. The minimum Gasteiger partial charge on any atom is -0.488 e. The molecule has 0 saturated carbocycles. The van der Waals surface area contributed by atoms with Crippen molar-refractivity contribution in [2.45, 2.75) is 19.4 Å². The summed E-state index contributed by atoms with van der Waals surface area (Å²) in [7, 11) is 0. The minimum absolute atomic E-state index is 0.250. The van der Waals surface area contributed by atoms with Crippen LogP contribution in [0.2, 0.25) is 0 Å². The smallest absolute Gasteiger partial charge is 0.293 e. The maximum absolute atomic E-state index is 13.3. The second-order valence-corrected chi connectivity index (χ2v) is 9.53. The number of benzene rings is 4. The lowest BCUT2D eigenvalue weighted by Crippen LogP contribution is -2.29. The van der Waals surface area contributed by atoms with Crippen LogP contribution in [0, 0.1) is 5.82 Å². The van der Waals surface area contributed by atoms with Gasteiger partial charge in [-0.05, 0) is 70.8 Å². The van der Waals surface area contributed by atoms with E-state index in [0.717, 1.165) is 40.1 Å². The average molecular weight is 498 g/mol. The molecule has 0 aromatic heterocycles. The number of carbonyl (C=O) groups is 2. The minimum atomic E-state index is -0.301. The lowest BCUT2D eigenvalue weighted by Gasteiger charge is -2.13. The Kier molecular flexibility index (Phi) is 7.14. The van der Waals surface area contributed by atoms with E-state index in [1.807, 2.05) is 66.7 Å². The number of nitrogens with zero attached hydrogens (tertiary/aromatic N) is 1. The number of rotatable bonds is 8. The normalized spacial score (nSPS) is 14.7. The standard InChI is InChI=1S/C30H24FNO3S/c31-24-15-12-22(13-16-24)20-35-27-17-14-23-10-4-5-11-25(23)26(27)19-28-29(33)32(30(34)36-28)18-6-9-21-7-2-1-3-8-21/h1-5,7-8,10-17,19H,6,9,18,20H2/b28-19+. The molecule has 0 N–H and O–H groups in total. The first kappa shape index (κ1) is 23.8. The lowest BCUT2D eigenvalue weighted by molar-refractivity contribution is -0.122. The zero-order valence-corrected chi connectivity index (χ0v) is 20.3. The average Bonchev–Trinajstić information content (AvgIpc) is 3.17. The van der Waals surface area contributed by atoms with E-state index in [1.165, 1.54) is 22.6 Å². The molecule has 0 unspecified atom stereocenters. The largest absolute Gasteiger partial charge is 0.488 e. The second kappa shape index (κ2) is 10.8. The first-order valence-corrected chi connectivity index (χ1v) is 12.6. The van der Waals surface area contributed by atoms with Gasteiger partial charge in [-0.3, -0.25) is 14.5 Å². The van der Waals surface area contributed by atoms with Crippen LogP contribution in [0.25, 0.3) is 16.8 Å². The van der Waals surface area contributed by atoms with Crippen molar-refractivity contribution in [2.24, 2.45) is 0 Å². The molecule has 180 valence electrons. The van der Waals surface area contributed by atoms with E-state index in [4.69, 9.17) is 4.74 Å². The van der Waals surface area contributed by atoms with Crippen LogP contribution in [-0.4, -0.2) is 22.6 Å². The number of fused-ring (bicyclic) bond motifs is 1. The van der Waals surface area contributed by atoms with Gasteiger partial charge in [-0.1, -0.05) is 72.8 Å². The van der Waals surface area contributed by atoms with E-state index in [1.54, 1.807) is 18.2 Å². The molecule has 2 amide bonds. The van der Waals surface area contributed by atoms with E-state index >= 15 is 0 Å². The Balaban J connectivity index is 1.38. The van der Waals surface area contributed by atoms with Gasteiger partial charge in [0.1, 0.15) is 18.2 Å². The molecule has 1 fully saturated rings. The fraction of sp³-hybridized carbons (Fsp3) is 0.133. The van der Waals surface area contributed by atoms with Gasteiger partial charge in [-0.2, -0.15) is 0 Å². The molecule has 36 heavy (non-hydrogen) atoms. The molecule has 1 saturated heterocycles. The summed E-state index contributed by atoms with van der Waals surface area (Å²) in [6, 6.07) is 27.8. The Labute approximate surface area is 213 Å². The van der Waals surface area contributed by atoms with Crippen molar-refractivity contribution in [1.29, 1.82) is 0 Å². The van der Waals surface area contributed by atoms with Crippen molar-refractivity contribution in [3.05, 3.63) is 118 Å². The highest BCUT2D eigenvalue weighted by Gasteiger charge is 2.34. The van der Waals surface area contributed by atoms with Gasteiger partial charge in [0.15, 0.2) is 0 Å². The first-order chi connectivity index (χ1) is 17.6. The van der Waals surface area contributed by atoms with Crippen LogP contribution in [0.5, 0.6) is 5.75 Å². The van der Waals surface area contributed by atoms with E-state index in [-0.39, 0.29) is 23.6 Å². The number of imide groups is 1. The Morgan fingerprint density at radius 1 is 0.833 bits per heavy atom. The Morgan fingerprint density at radius 3 is 2.39 bits per heavy atom. The first-order valence-electron chi connectivity index (χ1n) is 11.8. The predicted octanol–water partition coefficient (Wildman–Crippen LogP) is 7.23. The number of halogens is 1. The van der Waals surface area contributed by atoms with Gasteiger partial charge in [0.25, 0.3) is 11.1 Å². The quantitative estimate of drug-likeness (QED) is 0.241. The van der Waals surface area contributed by atoms with Crippen molar-refractivity contribution in [2.75, 3.05) is 6.54 Å². The molecule has 4 aromatic carbocycles. The number of aryl methyl sites for hydroxylation is 1. The summed E-state index contributed by atoms with van der Waals surface area (Å²) in [5, 5.41) is 1.67. The molecule has 0 radical (unpaired) electrons. The van der Waals surface area contributed by atoms with Crippen LogP contribution >= 0.6 is 11.8 Å². The van der Waals surface area contributed by atoms with Crippen molar-refractivity contribution in [1.82, 2.24) is 4.90 Å². The van der Waals surface area contributed by atoms with Crippen LogP contribution in [-0.2, 0) is 17.8 Å². The molecule has 4 nitrogen and oxygen atoms in total. The summed E-state index contributed by atoms with van der Waals surface area (Å²) in [6.07, 6.45) is 3.26. The monoisotopic (exact) mass is 497 g/mol. The molecule has 0 atom stereocenters. The molecular weight excluding hydrogens is 473 g/mol. The van der Waals surface area contributed by atoms with Gasteiger partial charge in [0.2, 0.25) is 0 Å². The molecule has 0 spiro atoms. The lowest BCUT2D eigenvalue weighted by atomic mass is 10.0. The highest BCUT2D eigenvalue weighted by Crippen LogP contribution is 2.37. The van der Waals surface area contributed by atoms with Crippen LogP contribution in [0.3, 0.4) is 0 Å². The molecule has 6 heteroatoms. The van der Waals surface area contributed by atoms with Crippen molar-refractivity contribution in [3.8, 4) is 5.75 Å². The molecule has 0 aliphatic carbocycles. The Bertz CT molecular complexity index is 1430. The summed E-state index contributed by atoms with van der Waals surface area (Å²) in [5.41, 5.74) is 2.75. The summed E-state index contributed by atoms with van der Waals surface area (Å²) in [6.45, 7) is 0.626. The fourth-order valence-corrected chi connectivity index (χ4v) is 5.05. The zero-order chi connectivity index (χ0) is 24.9. The van der Waals surface area contributed by atoms with Gasteiger partial charge in [0, 0.05) is 12.1 Å². The third-order valence-corrected chi connectivity index (χ3v) is 6.98. The van der Waals surface area contributed by atoms with Gasteiger partial charge < -0.3 is 4.74 Å². The van der Waals surface area contributed by atoms with Gasteiger partial charge in [-0.15, -0.1) is 0 Å². The van der Waals surface area contributed by atoms with Crippen LogP contribution in [0.15, 0.2) is 95.9 Å². The third-order valence-electron chi connectivity index (χ3n) is 6.08. The summed E-state index contributed by atoms with van der Waals surface area (Å²) < 4.78 is 19.4. The Hall–Kier alpha value is -3.90. The van der Waals surface area contributed by atoms with Crippen molar-refractivity contribution in [3.63, 3.8) is 0 Å². The molecule has 1 heterocycles. The highest BCUT2D eigenvalue weighted by atomic mass is 32.2. The van der Waals surface area contributed by atoms with E-state index in [0.29, 0.717) is 23.6 Å². The zero-order valence-electron chi connectivity index (χ0n) is 19.5. The summed E-state index contributed by atoms with van der Waals surface area (Å²) in [4.78, 5) is 27.5.